The van der Waals surface area contributed by atoms with Gasteiger partial charge >= 0.3 is 0 Å². The second kappa shape index (κ2) is 6.03. The van der Waals surface area contributed by atoms with Crippen LogP contribution in [0.3, 0.4) is 0 Å². The molecule has 0 aromatic carbocycles. The molecule has 0 radical (unpaired) electrons. The molecule has 1 aromatic heterocycles. The first-order valence-corrected chi connectivity index (χ1v) is 5.82. The molecule has 4 heteroatoms. The summed E-state index contributed by atoms with van der Waals surface area (Å²) in [5, 5.41) is 3.35. The Morgan fingerprint density at radius 3 is 3.25 bits per heavy atom. The minimum atomic E-state index is 0.235. The molecule has 90 valence electrons. The van der Waals surface area contributed by atoms with Gasteiger partial charge in [-0.15, -0.1) is 0 Å². The fraction of sp³-hybridized carbons (Fsp3) is 0.667. The van der Waals surface area contributed by atoms with Crippen LogP contribution >= 0.6 is 0 Å². The summed E-state index contributed by atoms with van der Waals surface area (Å²) in [6, 6.07) is 4.11. The number of rotatable bonds is 6. The lowest BCUT2D eigenvalue weighted by atomic mass is 10.2. The molecule has 2 atom stereocenters. The molecule has 0 bridgehead atoms. The Bertz CT molecular complexity index is 280. The predicted octanol–water partition coefficient (Wildman–Crippen LogP) is 1.74. The minimum absolute atomic E-state index is 0.235. The van der Waals surface area contributed by atoms with Crippen LogP contribution in [0.4, 0.5) is 0 Å². The normalized spacial score (nSPS) is 22.4. The Morgan fingerprint density at radius 1 is 1.62 bits per heavy atom. The summed E-state index contributed by atoms with van der Waals surface area (Å²) >= 11 is 0. The van der Waals surface area contributed by atoms with E-state index < -0.39 is 0 Å². The fourth-order valence-corrected chi connectivity index (χ4v) is 1.78. The van der Waals surface area contributed by atoms with Gasteiger partial charge in [-0.1, -0.05) is 0 Å². The number of hydrogen-bond donors (Lipinski definition) is 1. The van der Waals surface area contributed by atoms with Crippen LogP contribution in [-0.2, 0) is 9.47 Å². The Morgan fingerprint density at radius 2 is 2.56 bits per heavy atom. The third kappa shape index (κ3) is 3.33. The third-order valence-corrected chi connectivity index (χ3v) is 2.76. The van der Waals surface area contributed by atoms with E-state index in [9.17, 15) is 0 Å². The van der Waals surface area contributed by atoms with Gasteiger partial charge in [0.25, 0.3) is 0 Å². The van der Waals surface area contributed by atoms with Crippen molar-refractivity contribution in [3.05, 3.63) is 24.2 Å². The highest BCUT2D eigenvalue weighted by atomic mass is 16.5. The maximum atomic E-state index is 5.65. The first-order chi connectivity index (χ1) is 7.86. The Kier molecular flexibility index (Phi) is 4.39. The van der Waals surface area contributed by atoms with Crippen molar-refractivity contribution in [2.75, 3.05) is 26.4 Å². The Balaban J connectivity index is 1.57. The second-order valence-corrected chi connectivity index (χ2v) is 4.05. The number of ether oxygens (including phenoxy) is 2. The molecule has 1 aliphatic rings. The summed E-state index contributed by atoms with van der Waals surface area (Å²) in [6.07, 6.45) is 3.01. The van der Waals surface area contributed by atoms with Crippen molar-refractivity contribution in [3.63, 3.8) is 0 Å². The third-order valence-electron chi connectivity index (χ3n) is 2.76. The SMILES string of the molecule is CC(NCCOC1CCOC1)c1ccco1. The topological polar surface area (TPSA) is 43.6 Å². The van der Waals surface area contributed by atoms with Crippen molar-refractivity contribution in [3.8, 4) is 0 Å². The lowest BCUT2D eigenvalue weighted by molar-refractivity contribution is 0.0435. The van der Waals surface area contributed by atoms with E-state index in [0.717, 1.165) is 38.5 Å². The van der Waals surface area contributed by atoms with Gasteiger partial charge in [-0.25, -0.2) is 0 Å². The van der Waals surface area contributed by atoms with Gasteiger partial charge in [0.15, 0.2) is 0 Å². The van der Waals surface area contributed by atoms with E-state index in [-0.39, 0.29) is 6.04 Å². The minimum Gasteiger partial charge on any atom is -0.468 e. The molecule has 2 heterocycles. The van der Waals surface area contributed by atoms with Crippen molar-refractivity contribution in [2.24, 2.45) is 0 Å². The van der Waals surface area contributed by atoms with Crippen molar-refractivity contribution in [1.82, 2.24) is 5.32 Å². The van der Waals surface area contributed by atoms with Crippen molar-refractivity contribution < 1.29 is 13.9 Å². The van der Waals surface area contributed by atoms with Gasteiger partial charge in [0, 0.05) is 13.2 Å². The molecule has 16 heavy (non-hydrogen) atoms. The average Bonchev–Trinajstić information content (AvgIpc) is 2.96. The summed E-state index contributed by atoms with van der Waals surface area (Å²) in [5.74, 6) is 0.962. The number of furan rings is 1. The molecule has 1 saturated heterocycles. The molecule has 2 rings (SSSR count). The summed E-state index contributed by atoms with van der Waals surface area (Å²) in [5.41, 5.74) is 0. The molecule has 0 amide bonds. The first-order valence-electron chi connectivity index (χ1n) is 5.82. The molecule has 0 spiro atoms. The summed E-state index contributed by atoms with van der Waals surface area (Å²) in [6.45, 7) is 5.21. The van der Waals surface area contributed by atoms with E-state index in [2.05, 4.69) is 12.2 Å². The molecule has 1 fully saturated rings. The van der Waals surface area contributed by atoms with Crippen LogP contribution in [0.25, 0.3) is 0 Å². The van der Waals surface area contributed by atoms with Gasteiger partial charge in [0.05, 0.1) is 31.6 Å². The van der Waals surface area contributed by atoms with Crippen LogP contribution in [0.2, 0.25) is 0 Å². The van der Waals surface area contributed by atoms with Crippen LogP contribution in [0, 0.1) is 0 Å². The molecular weight excluding hydrogens is 206 g/mol. The summed E-state index contributed by atoms with van der Waals surface area (Å²) in [7, 11) is 0. The monoisotopic (exact) mass is 225 g/mol. The molecule has 2 unspecified atom stereocenters. The van der Waals surface area contributed by atoms with Gasteiger partial charge in [-0.3, -0.25) is 0 Å². The van der Waals surface area contributed by atoms with E-state index in [1.807, 2.05) is 12.1 Å². The first kappa shape index (κ1) is 11.6. The van der Waals surface area contributed by atoms with E-state index in [0.29, 0.717) is 6.10 Å². The quantitative estimate of drug-likeness (QED) is 0.749. The number of hydrogen-bond acceptors (Lipinski definition) is 4. The Hall–Kier alpha value is -0.840. The average molecular weight is 225 g/mol. The zero-order chi connectivity index (χ0) is 11.2. The van der Waals surface area contributed by atoms with E-state index >= 15 is 0 Å². The van der Waals surface area contributed by atoms with Gasteiger partial charge < -0.3 is 19.2 Å². The highest BCUT2D eigenvalue weighted by Gasteiger charge is 2.15. The molecule has 1 N–H and O–H groups in total. The molecular formula is C12H19NO3. The molecule has 0 aliphatic carbocycles. The van der Waals surface area contributed by atoms with Gasteiger partial charge in [0.2, 0.25) is 0 Å². The smallest absolute Gasteiger partial charge is 0.120 e. The van der Waals surface area contributed by atoms with Gasteiger partial charge in [0.1, 0.15) is 5.76 Å². The van der Waals surface area contributed by atoms with Gasteiger partial charge in [-0.05, 0) is 25.5 Å². The van der Waals surface area contributed by atoms with Crippen LogP contribution in [0.5, 0.6) is 0 Å². The van der Waals surface area contributed by atoms with E-state index in [1.165, 1.54) is 0 Å². The molecule has 1 aromatic rings. The van der Waals surface area contributed by atoms with Crippen LogP contribution in [0.15, 0.2) is 22.8 Å². The van der Waals surface area contributed by atoms with Crippen molar-refractivity contribution in [2.45, 2.75) is 25.5 Å². The predicted molar refractivity (Wildman–Crippen MR) is 60.3 cm³/mol. The van der Waals surface area contributed by atoms with Crippen LogP contribution < -0.4 is 5.32 Å². The van der Waals surface area contributed by atoms with Gasteiger partial charge in [-0.2, -0.15) is 0 Å². The largest absolute Gasteiger partial charge is 0.468 e. The summed E-state index contributed by atoms with van der Waals surface area (Å²) in [4.78, 5) is 0. The zero-order valence-corrected chi connectivity index (χ0v) is 9.65. The maximum absolute atomic E-state index is 5.65. The Labute approximate surface area is 95.9 Å². The van der Waals surface area contributed by atoms with E-state index in [4.69, 9.17) is 13.9 Å². The molecule has 0 saturated carbocycles. The molecule has 1 aliphatic heterocycles. The zero-order valence-electron chi connectivity index (χ0n) is 9.65. The second-order valence-electron chi connectivity index (χ2n) is 4.05. The summed E-state index contributed by atoms with van der Waals surface area (Å²) < 4.78 is 16.2. The van der Waals surface area contributed by atoms with Crippen molar-refractivity contribution >= 4 is 0 Å². The lowest BCUT2D eigenvalue weighted by Gasteiger charge is -2.13. The highest BCUT2D eigenvalue weighted by molar-refractivity contribution is 5.02. The van der Waals surface area contributed by atoms with Crippen molar-refractivity contribution in [1.29, 1.82) is 0 Å². The van der Waals surface area contributed by atoms with E-state index in [1.54, 1.807) is 6.26 Å². The highest BCUT2D eigenvalue weighted by Crippen LogP contribution is 2.12. The van der Waals surface area contributed by atoms with Crippen LogP contribution in [0.1, 0.15) is 25.1 Å². The number of nitrogens with one attached hydrogen (secondary N) is 1. The lowest BCUT2D eigenvalue weighted by Crippen LogP contribution is -2.25. The fourth-order valence-electron chi connectivity index (χ4n) is 1.78. The van der Waals surface area contributed by atoms with Crippen LogP contribution in [-0.4, -0.2) is 32.5 Å². The maximum Gasteiger partial charge on any atom is 0.120 e. The molecule has 4 nitrogen and oxygen atoms in total. The standard InChI is InChI=1S/C12H19NO3/c1-10(12-3-2-6-16-12)13-5-8-15-11-4-7-14-9-11/h2-3,6,10-11,13H,4-5,7-9H2,1H3.